The number of carbonyl (C=O) groups is 1. The first-order valence-corrected chi connectivity index (χ1v) is 9.16. The van der Waals surface area contributed by atoms with Gasteiger partial charge in [-0.1, -0.05) is 6.07 Å². The minimum Gasteiger partial charge on any atom is -1.00 e. The monoisotopic (exact) mass is 439 g/mol. The van der Waals surface area contributed by atoms with Crippen molar-refractivity contribution in [2.45, 2.75) is 13.5 Å². The summed E-state index contributed by atoms with van der Waals surface area (Å²) >= 11 is 0. The van der Waals surface area contributed by atoms with Crippen molar-refractivity contribution in [1.82, 2.24) is 4.90 Å². The van der Waals surface area contributed by atoms with Crippen molar-refractivity contribution in [2.24, 2.45) is 0 Å². The molecule has 6 nitrogen and oxygen atoms in total. The van der Waals surface area contributed by atoms with E-state index in [-0.39, 0.29) is 30.7 Å². The number of benzene rings is 2. The minimum absolute atomic E-state index is 0. The van der Waals surface area contributed by atoms with Crippen molar-refractivity contribution < 1.29 is 39.1 Å². The zero-order valence-corrected chi connectivity index (χ0v) is 18.5. The van der Waals surface area contributed by atoms with Gasteiger partial charge < -0.3 is 49.4 Å². The van der Waals surface area contributed by atoms with Crippen LogP contribution in [-0.2, 0) is 11.3 Å². The Bertz CT molecular complexity index is 779. The molecule has 1 N–H and O–H groups in total. The Balaban J connectivity index is 0.00000210. The van der Waals surface area contributed by atoms with Gasteiger partial charge in [-0.3, -0.25) is 4.79 Å². The van der Waals surface area contributed by atoms with Crippen LogP contribution in [0, 0.1) is 0 Å². The van der Waals surface area contributed by atoms with Gasteiger partial charge in [0.15, 0.2) is 11.5 Å². The number of hydrogen-bond acceptors (Lipinski definition) is 5. The van der Waals surface area contributed by atoms with E-state index < -0.39 is 0 Å². The Labute approximate surface area is 185 Å². The van der Waals surface area contributed by atoms with Crippen LogP contribution in [0.25, 0.3) is 0 Å². The fourth-order valence-electron chi connectivity index (χ4n) is 3.26. The highest BCUT2D eigenvalue weighted by molar-refractivity contribution is 5.73. The molecule has 0 aromatic heterocycles. The van der Waals surface area contributed by atoms with Crippen molar-refractivity contribution in [3.63, 3.8) is 0 Å². The molecule has 3 rings (SSSR count). The molecule has 0 radical (unpaired) electrons. The highest BCUT2D eigenvalue weighted by Crippen LogP contribution is 2.28. The van der Waals surface area contributed by atoms with E-state index in [1.807, 2.05) is 23.1 Å². The molecule has 1 fully saturated rings. The molecule has 0 saturated carbocycles. The number of carbonyl (C=O) groups excluding carboxylic acids is 1. The molecule has 1 amide bonds. The maximum Gasteiger partial charge on any atom is 0.219 e. The number of nitrogens with one attached hydrogen (secondary N) is 1. The first-order valence-electron chi connectivity index (χ1n) is 9.16. The minimum atomic E-state index is 0. The van der Waals surface area contributed by atoms with E-state index in [9.17, 15) is 4.79 Å². The van der Waals surface area contributed by atoms with Gasteiger partial charge in [-0.05, 0) is 42.0 Å². The lowest BCUT2D eigenvalue weighted by molar-refractivity contribution is -0.129. The Morgan fingerprint density at radius 3 is 2.10 bits per heavy atom. The summed E-state index contributed by atoms with van der Waals surface area (Å²) in [5.41, 5.74) is 3.38. The van der Waals surface area contributed by atoms with Crippen LogP contribution in [-0.4, -0.2) is 51.2 Å². The molecule has 0 unspecified atom stereocenters. The summed E-state index contributed by atoms with van der Waals surface area (Å²) in [7, 11) is 3.28. The third kappa shape index (κ3) is 6.34. The van der Waals surface area contributed by atoms with E-state index >= 15 is 0 Å². The number of rotatable bonds is 6. The summed E-state index contributed by atoms with van der Waals surface area (Å²) in [6, 6.07) is 14.4. The van der Waals surface area contributed by atoms with Crippen molar-refractivity contribution in [3.05, 3.63) is 48.0 Å². The van der Waals surface area contributed by atoms with Crippen LogP contribution in [0.3, 0.4) is 0 Å². The number of amides is 1. The van der Waals surface area contributed by atoms with Crippen molar-refractivity contribution in [3.8, 4) is 11.5 Å². The normalized spacial score (nSPS) is 13.1. The van der Waals surface area contributed by atoms with Gasteiger partial charge in [0, 0.05) is 51.0 Å². The van der Waals surface area contributed by atoms with Crippen molar-refractivity contribution in [1.29, 1.82) is 0 Å². The summed E-state index contributed by atoms with van der Waals surface area (Å²) in [5.74, 6) is 1.62. The van der Waals surface area contributed by atoms with Crippen LogP contribution in [0.5, 0.6) is 11.5 Å². The SMILES string of the molecule is COc1ccc(CNc2ccc(N3CCN(C(C)=O)CC3)cc2)cc1OC.[Cl-].[Cl-]. The van der Waals surface area contributed by atoms with Gasteiger partial charge in [-0.2, -0.15) is 0 Å². The third-order valence-corrected chi connectivity index (χ3v) is 4.90. The molecule has 160 valence electrons. The summed E-state index contributed by atoms with van der Waals surface area (Å²) in [6.07, 6.45) is 0. The lowest BCUT2D eigenvalue weighted by Gasteiger charge is -2.35. The topological polar surface area (TPSA) is 54.0 Å². The van der Waals surface area contributed by atoms with Gasteiger partial charge in [-0.15, -0.1) is 0 Å². The van der Waals surface area contributed by atoms with E-state index in [1.54, 1.807) is 21.1 Å². The predicted molar refractivity (Wildman–Crippen MR) is 108 cm³/mol. The van der Waals surface area contributed by atoms with Gasteiger partial charge in [0.05, 0.1) is 14.2 Å². The molecule has 0 aliphatic carbocycles. The molecule has 29 heavy (non-hydrogen) atoms. The molecule has 2 aromatic rings. The van der Waals surface area contributed by atoms with E-state index in [2.05, 4.69) is 34.5 Å². The Morgan fingerprint density at radius 1 is 0.931 bits per heavy atom. The first kappa shape index (κ1) is 24.7. The molecule has 0 bridgehead atoms. The van der Waals surface area contributed by atoms with Gasteiger partial charge in [0.25, 0.3) is 0 Å². The van der Waals surface area contributed by atoms with Crippen LogP contribution in [0.2, 0.25) is 0 Å². The maximum absolute atomic E-state index is 11.4. The molecule has 1 saturated heterocycles. The quantitative estimate of drug-likeness (QED) is 0.519. The third-order valence-electron chi connectivity index (χ3n) is 4.90. The molecule has 0 spiro atoms. The maximum atomic E-state index is 11.4. The number of halogens is 2. The second-order valence-electron chi connectivity index (χ2n) is 6.58. The Kier molecular flexibility index (Phi) is 9.92. The van der Waals surface area contributed by atoms with Crippen LogP contribution < -0.4 is 44.5 Å². The van der Waals surface area contributed by atoms with Gasteiger partial charge in [0.2, 0.25) is 5.91 Å². The second-order valence-corrected chi connectivity index (χ2v) is 6.58. The zero-order chi connectivity index (χ0) is 19.2. The lowest BCUT2D eigenvalue weighted by Crippen LogP contribution is -3.00. The molecule has 8 heteroatoms. The van der Waals surface area contributed by atoms with E-state index in [4.69, 9.17) is 9.47 Å². The summed E-state index contributed by atoms with van der Waals surface area (Å²) < 4.78 is 10.6. The number of methoxy groups -OCH3 is 2. The van der Waals surface area contributed by atoms with E-state index in [1.165, 1.54) is 5.69 Å². The van der Waals surface area contributed by atoms with E-state index in [0.717, 1.165) is 48.9 Å². The Hall–Kier alpha value is -2.31. The van der Waals surface area contributed by atoms with Crippen LogP contribution in [0.1, 0.15) is 12.5 Å². The highest BCUT2D eigenvalue weighted by Gasteiger charge is 2.18. The summed E-state index contributed by atoms with van der Waals surface area (Å²) in [6.45, 7) is 5.66. The predicted octanol–water partition coefficient (Wildman–Crippen LogP) is -3.01. The molecule has 1 aliphatic heterocycles. The highest BCUT2D eigenvalue weighted by atomic mass is 35.5. The number of piperazine rings is 1. The molecule has 2 aromatic carbocycles. The number of hydrogen-bond donors (Lipinski definition) is 1. The molecule has 1 aliphatic rings. The Morgan fingerprint density at radius 2 is 1.55 bits per heavy atom. The van der Waals surface area contributed by atoms with Gasteiger partial charge in [0.1, 0.15) is 0 Å². The molecular formula is C21H27Cl2N3O3-2. The van der Waals surface area contributed by atoms with Crippen molar-refractivity contribution in [2.75, 3.05) is 50.6 Å². The molecular weight excluding hydrogens is 413 g/mol. The van der Waals surface area contributed by atoms with Gasteiger partial charge >= 0.3 is 0 Å². The van der Waals surface area contributed by atoms with Crippen LogP contribution in [0.15, 0.2) is 42.5 Å². The first-order chi connectivity index (χ1) is 13.1. The molecule has 1 heterocycles. The average molecular weight is 440 g/mol. The van der Waals surface area contributed by atoms with Crippen molar-refractivity contribution >= 4 is 17.3 Å². The number of anilines is 2. The van der Waals surface area contributed by atoms with Crippen LogP contribution in [0.4, 0.5) is 11.4 Å². The van der Waals surface area contributed by atoms with Crippen LogP contribution >= 0.6 is 0 Å². The van der Waals surface area contributed by atoms with E-state index in [0.29, 0.717) is 6.54 Å². The van der Waals surface area contributed by atoms with Gasteiger partial charge in [-0.25, -0.2) is 0 Å². The average Bonchev–Trinajstić information content (AvgIpc) is 2.72. The fraction of sp³-hybridized carbons (Fsp3) is 0.381. The largest absolute Gasteiger partial charge is 1.00 e. The standard InChI is InChI=1S/C21H27N3O3.2ClH/c1-16(25)23-10-12-24(13-11-23)19-7-5-18(6-8-19)22-15-17-4-9-20(26-2)21(14-17)27-3;;/h4-9,14,22H,10-13,15H2,1-3H3;2*1H/p-2. The smallest absolute Gasteiger partial charge is 0.219 e. The summed E-state index contributed by atoms with van der Waals surface area (Å²) in [4.78, 5) is 15.7. The summed E-state index contributed by atoms with van der Waals surface area (Å²) in [5, 5.41) is 3.43. The zero-order valence-electron chi connectivity index (χ0n) is 17.0. The molecule has 0 atom stereocenters. The number of ether oxygens (including phenoxy) is 2. The fourth-order valence-corrected chi connectivity index (χ4v) is 3.26. The number of nitrogens with zero attached hydrogens (tertiary/aromatic N) is 2. The second kappa shape index (κ2) is 11.6. The lowest BCUT2D eigenvalue weighted by atomic mass is 10.2.